The van der Waals surface area contributed by atoms with Crippen LogP contribution in [0.3, 0.4) is 0 Å². The first kappa shape index (κ1) is 35.6. The average Bonchev–Trinajstić information content (AvgIpc) is 3.61. The maximum absolute atomic E-state index is 13.0. The zero-order chi connectivity index (χ0) is 34.9. The Labute approximate surface area is 294 Å². The molecule has 7 rings (SSSR count). The van der Waals surface area contributed by atoms with Crippen LogP contribution in [0.2, 0.25) is 0 Å². The molecular weight excluding hydrogens is 630 g/mol. The van der Waals surface area contributed by atoms with E-state index in [-0.39, 0.29) is 0 Å². The number of morpholine rings is 1. The molecule has 0 atom stereocenters. The Bertz CT molecular complexity index is 1880. The van der Waals surface area contributed by atoms with Gasteiger partial charge in [-0.25, -0.2) is 4.79 Å². The van der Waals surface area contributed by atoms with Gasteiger partial charge < -0.3 is 29.2 Å². The quantitative estimate of drug-likeness (QED) is 0.158. The largest absolute Gasteiger partial charge is 0.493 e. The van der Waals surface area contributed by atoms with E-state index in [4.69, 9.17) is 19.3 Å². The SMILES string of the molecule is CCNCC.Cn1nc2c(c1CN1CCOCC1)-c1cccc3c(CCCOc4cccc5ccccc45)c(C(=O)O)n(c13)CCCCOC2. The molecule has 2 aromatic heterocycles. The Kier molecular flexibility index (Phi) is 12.2. The fourth-order valence-corrected chi connectivity index (χ4v) is 7.23. The molecule has 2 aliphatic heterocycles. The lowest BCUT2D eigenvalue weighted by molar-refractivity contribution is 0.0332. The van der Waals surface area contributed by atoms with Gasteiger partial charge in [-0.15, -0.1) is 0 Å². The highest BCUT2D eigenvalue weighted by Crippen LogP contribution is 2.39. The number of hydrogen-bond donors (Lipinski definition) is 2. The number of para-hydroxylation sites is 1. The summed E-state index contributed by atoms with van der Waals surface area (Å²) < 4.78 is 22.0. The second-order valence-electron chi connectivity index (χ2n) is 12.9. The minimum atomic E-state index is -0.895. The number of aromatic nitrogens is 3. The molecule has 0 radical (unpaired) electrons. The van der Waals surface area contributed by atoms with Gasteiger partial charge in [-0.3, -0.25) is 9.58 Å². The lowest BCUT2D eigenvalue weighted by atomic mass is 9.97. The van der Waals surface area contributed by atoms with Crippen LogP contribution >= 0.6 is 0 Å². The Morgan fingerprint density at radius 1 is 0.920 bits per heavy atom. The summed E-state index contributed by atoms with van der Waals surface area (Å²) in [5, 5.41) is 21.9. The number of benzene rings is 3. The molecule has 50 heavy (non-hydrogen) atoms. The van der Waals surface area contributed by atoms with Crippen LogP contribution < -0.4 is 10.1 Å². The normalized spacial score (nSPS) is 15.3. The average molecular weight is 682 g/mol. The zero-order valence-electron chi connectivity index (χ0n) is 29.7. The third-order valence-corrected chi connectivity index (χ3v) is 9.61. The van der Waals surface area contributed by atoms with E-state index in [2.05, 4.69) is 65.0 Å². The molecule has 1 fully saturated rings. The van der Waals surface area contributed by atoms with Crippen molar-refractivity contribution in [2.24, 2.45) is 7.05 Å². The van der Waals surface area contributed by atoms with Gasteiger partial charge in [0.1, 0.15) is 11.4 Å². The van der Waals surface area contributed by atoms with Crippen molar-refractivity contribution in [1.82, 2.24) is 24.6 Å². The van der Waals surface area contributed by atoms with Crippen LogP contribution in [0.4, 0.5) is 0 Å². The van der Waals surface area contributed by atoms with Crippen LogP contribution in [-0.2, 0) is 42.6 Å². The van der Waals surface area contributed by atoms with Crippen molar-refractivity contribution in [2.45, 2.75) is 59.2 Å². The summed E-state index contributed by atoms with van der Waals surface area (Å²) in [7, 11) is 2.00. The summed E-state index contributed by atoms with van der Waals surface area (Å²) in [6.07, 6.45) is 2.97. The molecule has 0 spiro atoms. The Balaban J connectivity index is 0.000000808. The van der Waals surface area contributed by atoms with E-state index in [0.717, 1.165) is 114 Å². The van der Waals surface area contributed by atoms with Crippen molar-refractivity contribution in [3.63, 3.8) is 0 Å². The van der Waals surface area contributed by atoms with E-state index in [0.29, 0.717) is 44.9 Å². The first-order chi connectivity index (χ1) is 24.5. The lowest BCUT2D eigenvalue weighted by Crippen LogP contribution is -2.36. The Morgan fingerprint density at radius 3 is 2.46 bits per heavy atom. The minimum absolute atomic E-state index is 0.378. The van der Waals surface area contributed by atoms with Gasteiger partial charge in [0, 0.05) is 61.7 Å². The summed E-state index contributed by atoms with van der Waals surface area (Å²) in [5.41, 5.74) is 6.29. The van der Waals surface area contributed by atoms with E-state index in [1.807, 2.05) is 36.0 Å². The number of fused-ring (bicyclic) bond motifs is 3. The molecule has 10 heteroatoms. The fraction of sp³-hybridized carbons (Fsp3) is 0.450. The predicted molar refractivity (Wildman–Crippen MR) is 198 cm³/mol. The topological polar surface area (TPSA) is 103 Å². The Morgan fingerprint density at radius 2 is 1.68 bits per heavy atom. The molecule has 2 N–H and O–H groups in total. The van der Waals surface area contributed by atoms with Crippen LogP contribution in [0, 0.1) is 0 Å². The maximum atomic E-state index is 13.0. The zero-order valence-corrected chi connectivity index (χ0v) is 29.7. The van der Waals surface area contributed by atoms with Gasteiger partial charge >= 0.3 is 5.97 Å². The highest BCUT2D eigenvalue weighted by atomic mass is 16.5. The van der Waals surface area contributed by atoms with E-state index in [1.165, 1.54) is 0 Å². The van der Waals surface area contributed by atoms with Gasteiger partial charge in [0.2, 0.25) is 0 Å². The molecule has 0 saturated carbocycles. The van der Waals surface area contributed by atoms with Crippen molar-refractivity contribution < 1.29 is 24.1 Å². The number of nitrogens with zero attached hydrogens (tertiary/aromatic N) is 4. The lowest BCUT2D eigenvalue weighted by Gasteiger charge is -2.27. The van der Waals surface area contributed by atoms with Gasteiger partial charge in [-0.05, 0) is 55.8 Å². The van der Waals surface area contributed by atoms with Gasteiger partial charge in [-0.1, -0.05) is 68.4 Å². The van der Waals surface area contributed by atoms with Crippen LogP contribution in [0.15, 0.2) is 60.7 Å². The number of nitrogens with one attached hydrogen (secondary N) is 1. The van der Waals surface area contributed by atoms with Crippen molar-refractivity contribution in [2.75, 3.05) is 52.6 Å². The van der Waals surface area contributed by atoms with Crippen molar-refractivity contribution in [3.8, 4) is 16.9 Å². The number of carboxylic acid groups (broad SMARTS) is 1. The smallest absolute Gasteiger partial charge is 0.352 e. The molecule has 0 unspecified atom stereocenters. The van der Waals surface area contributed by atoms with Crippen LogP contribution in [0.25, 0.3) is 32.8 Å². The van der Waals surface area contributed by atoms with Gasteiger partial charge in [0.05, 0.1) is 43.3 Å². The van der Waals surface area contributed by atoms with Gasteiger partial charge in [0.15, 0.2) is 0 Å². The second-order valence-corrected chi connectivity index (χ2v) is 12.9. The molecule has 266 valence electrons. The van der Waals surface area contributed by atoms with Crippen LogP contribution in [0.5, 0.6) is 5.75 Å². The molecule has 10 nitrogen and oxygen atoms in total. The first-order valence-corrected chi connectivity index (χ1v) is 18.1. The molecule has 2 aliphatic rings. The predicted octanol–water partition coefficient (Wildman–Crippen LogP) is 6.66. The van der Waals surface area contributed by atoms with Gasteiger partial charge in [-0.2, -0.15) is 5.10 Å². The monoisotopic (exact) mass is 681 g/mol. The molecule has 0 amide bonds. The maximum Gasteiger partial charge on any atom is 0.352 e. The standard InChI is InChI=1S/C36H40N4O5.C4H11N/c1-38-31(23-39-17-21-43-22-18-39)33-29-13-7-12-27-28(14-8-20-45-32-15-6-10-25-9-2-3-11-26(25)32)35(36(41)42)40(34(27)29)16-4-5-19-44-24-30(33)37-38;1-3-5-4-2/h2-3,6-7,9-13,15H,4-5,8,14,16-24H2,1H3,(H,41,42);5H,3-4H2,1-2H3. The summed E-state index contributed by atoms with van der Waals surface area (Å²) >= 11 is 0. The third kappa shape index (κ3) is 7.89. The van der Waals surface area contributed by atoms with Crippen molar-refractivity contribution in [1.29, 1.82) is 0 Å². The molecule has 4 heterocycles. The summed E-state index contributed by atoms with van der Waals surface area (Å²) in [6.45, 7) is 12.4. The van der Waals surface area contributed by atoms with E-state index >= 15 is 0 Å². The molecule has 0 aliphatic carbocycles. The highest BCUT2D eigenvalue weighted by Gasteiger charge is 2.28. The molecule has 5 aromatic rings. The summed E-state index contributed by atoms with van der Waals surface area (Å²) in [4.78, 5) is 15.4. The molecule has 1 saturated heterocycles. The van der Waals surface area contributed by atoms with E-state index in [9.17, 15) is 9.90 Å². The number of carbonyl (C=O) groups is 1. The van der Waals surface area contributed by atoms with Crippen molar-refractivity contribution in [3.05, 3.63) is 83.3 Å². The minimum Gasteiger partial charge on any atom is -0.493 e. The summed E-state index contributed by atoms with van der Waals surface area (Å²) in [6, 6.07) is 20.5. The number of hydrogen-bond acceptors (Lipinski definition) is 7. The fourth-order valence-electron chi connectivity index (χ4n) is 7.23. The van der Waals surface area contributed by atoms with E-state index < -0.39 is 5.97 Å². The van der Waals surface area contributed by atoms with E-state index in [1.54, 1.807) is 0 Å². The number of aryl methyl sites for hydroxylation is 3. The van der Waals surface area contributed by atoms with Gasteiger partial charge in [0.25, 0.3) is 0 Å². The summed E-state index contributed by atoms with van der Waals surface area (Å²) in [5.74, 6) is -0.0435. The van der Waals surface area contributed by atoms with Crippen LogP contribution in [0.1, 0.15) is 60.5 Å². The number of ether oxygens (including phenoxy) is 3. The molecule has 3 aromatic carbocycles. The molecule has 0 bridgehead atoms. The second kappa shape index (κ2) is 17.1. The highest BCUT2D eigenvalue weighted by molar-refractivity contribution is 6.04. The van der Waals surface area contributed by atoms with Crippen LogP contribution in [-0.4, -0.2) is 82.9 Å². The van der Waals surface area contributed by atoms with Crippen molar-refractivity contribution >= 4 is 27.6 Å². The third-order valence-electron chi connectivity index (χ3n) is 9.61. The number of rotatable bonds is 10. The molecular formula is C40H51N5O5. The number of carboxylic acids is 1. The number of aromatic carboxylic acids is 1. The first-order valence-electron chi connectivity index (χ1n) is 18.1. The Hall–Kier alpha value is -4.22.